The van der Waals surface area contributed by atoms with Gasteiger partial charge in [-0.05, 0) is 63.6 Å². The molecule has 3 heterocycles. The van der Waals surface area contributed by atoms with Crippen LogP contribution in [0, 0.1) is 0 Å². The van der Waals surface area contributed by atoms with Gasteiger partial charge in [0.15, 0.2) is 4.80 Å². The molecule has 0 saturated heterocycles. The van der Waals surface area contributed by atoms with Gasteiger partial charge in [0, 0.05) is 47.4 Å². The van der Waals surface area contributed by atoms with Crippen molar-refractivity contribution in [3.63, 3.8) is 0 Å². The highest BCUT2D eigenvalue weighted by Crippen LogP contribution is 2.40. The van der Waals surface area contributed by atoms with E-state index < -0.39 is 6.04 Å². The first-order valence-electron chi connectivity index (χ1n) is 14.8. The third kappa shape index (κ3) is 4.70. The number of benzene rings is 3. The van der Waals surface area contributed by atoms with Crippen molar-refractivity contribution < 1.29 is 9.53 Å². The minimum Gasteiger partial charge on any atom is -0.496 e. The van der Waals surface area contributed by atoms with Gasteiger partial charge in [0.25, 0.3) is 11.5 Å². The number of nitrogens with zero attached hydrogens (tertiary/aromatic N) is 4. The van der Waals surface area contributed by atoms with Crippen molar-refractivity contribution in [3.05, 3.63) is 109 Å². The van der Waals surface area contributed by atoms with Gasteiger partial charge in [-0.2, -0.15) is 0 Å². The van der Waals surface area contributed by atoms with Crippen LogP contribution in [0.5, 0.6) is 5.75 Å². The largest absolute Gasteiger partial charge is 0.496 e. The van der Waals surface area contributed by atoms with Gasteiger partial charge in [-0.25, -0.2) is 4.99 Å². The van der Waals surface area contributed by atoms with E-state index in [0.717, 1.165) is 32.8 Å². The topological polar surface area (TPSA) is 68.8 Å². The number of carbonyl (C=O) groups excluding carboxylic acids is 1. The van der Waals surface area contributed by atoms with Crippen LogP contribution in [0.4, 0.5) is 0 Å². The molecule has 1 aliphatic rings. The van der Waals surface area contributed by atoms with E-state index >= 15 is 0 Å². The van der Waals surface area contributed by atoms with E-state index in [1.165, 1.54) is 11.3 Å². The second-order valence-corrected chi connectivity index (χ2v) is 12.1. The Morgan fingerprint density at radius 2 is 1.74 bits per heavy atom. The summed E-state index contributed by atoms with van der Waals surface area (Å²) in [5, 5.41) is 3.02. The lowest BCUT2D eigenvalue weighted by atomic mass is 9.90. The number of rotatable bonds is 7. The fourth-order valence-corrected chi connectivity index (χ4v) is 7.24. The van der Waals surface area contributed by atoms with Crippen LogP contribution in [0.15, 0.2) is 87.9 Å². The summed E-state index contributed by atoms with van der Waals surface area (Å²) >= 11 is 1.36. The maximum Gasteiger partial charge on any atom is 0.271 e. The molecule has 1 amide bonds. The lowest BCUT2D eigenvalue weighted by molar-refractivity contribution is -0.127. The molecule has 0 bridgehead atoms. The summed E-state index contributed by atoms with van der Waals surface area (Å²) in [4.78, 5) is 35.9. The van der Waals surface area contributed by atoms with Gasteiger partial charge >= 0.3 is 0 Å². The number of likely N-dealkylation sites (N-methyl/N-ethyl adjacent to an activating group) is 1. The van der Waals surface area contributed by atoms with Crippen LogP contribution >= 0.6 is 11.3 Å². The van der Waals surface area contributed by atoms with Gasteiger partial charge in [-0.3, -0.25) is 14.2 Å². The number of carbonyl (C=O) groups is 1. The maximum absolute atomic E-state index is 14.5. The zero-order valence-electron chi connectivity index (χ0n) is 25.4. The molecule has 43 heavy (non-hydrogen) atoms. The summed E-state index contributed by atoms with van der Waals surface area (Å²) in [5.41, 5.74) is 3.81. The first kappa shape index (κ1) is 28.7. The van der Waals surface area contributed by atoms with E-state index in [9.17, 15) is 9.59 Å². The highest BCUT2D eigenvalue weighted by Gasteiger charge is 2.36. The van der Waals surface area contributed by atoms with Crippen LogP contribution in [0.2, 0.25) is 0 Å². The van der Waals surface area contributed by atoms with Crippen LogP contribution < -0.4 is 19.6 Å². The number of ether oxygens (including phenoxy) is 1. The van der Waals surface area contributed by atoms with Gasteiger partial charge in [-0.15, -0.1) is 0 Å². The molecule has 0 radical (unpaired) electrons. The van der Waals surface area contributed by atoms with Gasteiger partial charge in [-0.1, -0.05) is 59.9 Å². The van der Waals surface area contributed by atoms with Crippen molar-refractivity contribution >= 4 is 45.0 Å². The Kier molecular flexibility index (Phi) is 7.56. The molecule has 8 heteroatoms. The third-order valence-corrected chi connectivity index (χ3v) is 9.32. The molecule has 0 spiro atoms. The van der Waals surface area contributed by atoms with Crippen LogP contribution in [-0.2, 0) is 4.79 Å². The number of methoxy groups -OCH3 is 1. The lowest BCUT2D eigenvalue weighted by Gasteiger charge is -2.30. The molecule has 0 fully saturated rings. The number of para-hydroxylation sites is 1. The Hall–Kier alpha value is -4.43. The van der Waals surface area contributed by atoms with E-state index in [1.807, 2.05) is 75.4 Å². The summed E-state index contributed by atoms with van der Waals surface area (Å²) in [6.07, 6.45) is 4.08. The van der Waals surface area contributed by atoms with Crippen molar-refractivity contribution in [2.45, 2.75) is 46.7 Å². The second-order valence-electron chi connectivity index (χ2n) is 11.1. The summed E-state index contributed by atoms with van der Waals surface area (Å²) in [6.45, 7) is 11.2. The molecule has 1 aliphatic heterocycles. The van der Waals surface area contributed by atoms with E-state index in [1.54, 1.807) is 16.6 Å². The summed E-state index contributed by atoms with van der Waals surface area (Å²) in [6, 6.07) is 19.8. The van der Waals surface area contributed by atoms with Crippen LogP contribution in [-0.4, -0.2) is 40.1 Å². The average molecular weight is 593 g/mol. The molecular weight excluding hydrogens is 556 g/mol. The van der Waals surface area contributed by atoms with E-state index in [4.69, 9.17) is 9.73 Å². The smallest absolute Gasteiger partial charge is 0.271 e. The van der Waals surface area contributed by atoms with Crippen LogP contribution in [0.3, 0.4) is 0 Å². The Balaban J connectivity index is 1.67. The first-order valence-corrected chi connectivity index (χ1v) is 15.6. The lowest BCUT2D eigenvalue weighted by Crippen LogP contribution is -2.43. The molecule has 2 aromatic heterocycles. The molecular formula is C35H36N4O3S. The predicted octanol–water partition coefficient (Wildman–Crippen LogP) is 5.80. The zero-order chi connectivity index (χ0) is 30.4. The molecule has 7 nitrogen and oxygen atoms in total. The molecule has 220 valence electrons. The molecule has 0 saturated carbocycles. The fourth-order valence-electron chi connectivity index (χ4n) is 6.20. The number of thiazole rings is 1. The normalized spacial score (nSPS) is 15.3. The average Bonchev–Trinajstić information content (AvgIpc) is 3.53. The minimum absolute atomic E-state index is 0.125. The number of aromatic nitrogens is 2. The summed E-state index contributed by atoms with van der Waals surface area (Å²) in [7, 11) is 1.63. The standard InChI is InChI=1S/C35H36N4O3S/c1-7-37(8-2)34(41)30-22(5)36-35-39(32(30)31-26-15-10-9-13-23(26)17-18-28(31)42-6)33(40)29(43-35)19-24-20-38(21(3)4)27-16-12-11-14-25(24)27/h9-21,32H,7-8H2,1-6H3/b29-19+/t32-/m1/s1. The molecule has 0 unspecified atom stereocenters. The maximum atomic E-state index is 14.5. The van der Waals surface area contributed by atoms with Crippen molar-refractivity contribution in [2.24, 2.45) is 4.99 Å². The highest BCUT2D eigenvalue weighted by molar-refractivity contribution is 7.07. The number of amides is 1. The van der Waals surface area contributed by atoms with Gasteiger partial charge in [0.05, 0.1) is 22.9 Å². The minimum atomic E-state index is -0.704. The van der Waals surface area contributed by atoms with Crippen molar-refractivity contribution in [2.75, 3.05) is 20.2 Å². The number of fused-ring (bicyclic) bond motifs is 3. The zero-order valence-corrected chi connectivity index (χ0v) is 26.2. The van der Waals surface area contributed by atoms with Gasteiger partial charge in [0.2, 0.25) is 0 Å². The van der Waals surface area contributed by atoms with E-state index in [-0.39, 0.29) is 17.5 Å². The molecule has 3 aromatic carbocycles. The second kappa shape index (κ2) is 11.3. The van der Waals surface area contributed by atoms with Crippen molar-refractivity contribution in [1.29, 1.82) is 0 Å². The molecule has 0 N–H and O–H groups in total. The number of hydrogen-bond acceptors (Lipinski definition) is 5. The number of allylic oxidation sites excluding steroid dienone is 1. The first-order chi connectivity index (χ1) is 20.8. The monoisotopic (exact) mass is 592 g/mol. The third-order valence-electron chi connectivity index (χ3n) is 8.34. The van der Waals surface area contributed by atoms with Crippen molar-refractivity contribution in [3.8, 4) is 5.75 Å². The molecule has 1 atom stereocenters. The molecule has 6 rings (SSSR count). The van der Waals surface area contributed by atoms with E-state index in [0.29, 0.717) is 39.4 Å². The Bertz CT molecular complexity index is 2090. The van der Waals surface area contributed by atoms with Gasteiger partial charge < -0.3 is 14.2 Å². The molecule has 5 aromatic rings. The van der Waals surface area contributed by atoms with Crippen molar-refractivity contribution in [1.82, 2.24) is 14.0 Å². The van der Waals surface area contributed by atoms with Gasteiger partial charge in [0.1, 0.15) is 11.8 Å². The predicted molar refractivity (Wildman–Crippen MR) is 175 cm³/mol. The van der Waals surface area contributed by atoms with Crippen LogP contribution in [0.25, 0.3) is 27.8 Å². The van der Waals surface area contributed by atoms with Crippen LogP contribution in [0.1, 0.15) is 57.8 Å². The Labute approximate surface area is 254 Å². The Morgan fingerprint density at radius 1 is 1.05 bits per heavy atom. The Morgan fingerprint density at radius 3 is 2.44 bits per heavy atom. The fraction of sp³-hybridized carbons (Fsp3) is 0.286. The summed E-state index contributed by atoms with van der Waals surface area (Å²) < 4.78 is 10.4. The molecule has 0 aliphatic carbocycles. The summed E-state index contributed by atoms with van der Waals surface area (Å²) in [5.74, 6) is 0.498. The highest BCUT2D eigenvalue weighted by atomic mass is 32.1. The SMILES string of the molecule is CCN(CC)C(=O)C1=C(C)N=c2s/c(=C/c3cn(C(C)C)c4ccccc34)c(=O)n2[C@H]1c1c(OC)ccc2ccccc12. The van der Waals surface area contributed by atoms with E-state index in [2.05, 4.69) is 36.7 Å². The number of hydrogen-bond donors (Lipinski definition) is 0. The quantitative estimate of drug-likeness (QED) is 0.240.